The topological polar surface area (TPSA) is 121 Å². The maximum atomic E-state index is 12.7. The summed E-state index contributed by atoms with van der Waals surface area (Å²) in [5, 5.41) is 10.4. The second-order valence-electron chi connectivity index (χ2n) is 17.5. The fourth-order valence-electron chi connectivity index (χ4n) is 9.27. The van der Waals surface area contributed by atoms with Crippen molar-refractivity contribution < 1.29 is 28.9 Å². The van der Waals surface area contributed by atoms with Crippen LogP contribution in [0.5, 0.6) is 11.6 Å². The van der Waals surface area contributed by atoms with Crippen LogP contribution in [0.25, 0.3) is 33.6 Å². The zero-order valence-electron chi connectivity index (χ0n) is 33.7. The maximum absolute atomic E-state index is 12.7. The number of ether oxygens (including phenoxy) is 3. The van der Waals surface area contributed by atoms with E-state index in [4.69, 9.17) is 42.4 Å². The third-order valence-electron chi connectivity index (χ3n) is 12.0. The van der Waals surface area contributed by atoms with Crippen molar-refractivity contribution in [2.75, 3.05) is 66.6 Å². The summed E-state index contributed by atoms with van der Waals surface area (Å²) in [5.41, 5.74) is 6.02. The standard InChI is InChI=1S/C44H50Cl2N6O6/c1-42(2,3)58-41(55)52-18-15-44(27-52)24-49(25-44)20-29-10-9-28(19-35(29)56-4)38-37(46)32(13-16-47-38)31-7-6-8-33(36(31)45)34-12-11-30(39(48-34)57-5)21-50-22-43(23-50)14-17-51(26-43)40(53)54/h6-13,16,19H,14-15,17-18,20-27H2,1-5H3,(H,53,54). The van der Waals surface area contributed by atoms with Crippen LogP contribution in [0.2, 0.25) is 10.0 Å². The van der Waals surface area contributed by atoms with Crippen molar-refractivity contribution in [3.05, 3.63) is 82.0 Å². The van der Waals surface area contributed by atoms with Crippen LogP contribution in [0.1, 0.15) is 44.7 Å². The molecule has 0 atom stereocenters. The van der Waals surface area contributed by atoms with Crippen LogP contribution in [0.3, 0.4) is 0 Å². The van der Waals surface area contributed by atoms with Gasteiger partial charge in [-0.25, -0.2) is 14.6 Å². The first-order valence-electron chi connectivity index (χ1n) is 19.7. The minimum atomic E-state index is -0.842. The van der Waals surface area contributed by atoms with Gasteiger partial charge >= 0.3 is 12.2 Å². The van der Waals surface area contributed by atoms with Gasteiger partial charge in [-0.1, -0.05) is 59.6 Å². The molecule has 2 spiro atoms. The normalized spacial score (nSPS) is 18.7. The third kappa shape index (κ3) is 7.91. The number of pyridine rings is 2. The summed E-state index contributed by atoms with van der Waals surface area (Å²) in [6.07, 6.45) is 2.53. The number of carboxylic acid groups (broad SMARTS) is 1. The maximum Gasteiger partial charge on any atom is 0.410 e. The number of nitrogens with zero attached hydrogens (tertiary/aromatic N) is 6. The van der Waals surface area contributed by atoms with Crippen LogP contribution in [-0.2, 0) is 17.8 Å². The molecular formula is C44H50Cl2N6O6. The molecule has 4 saturated heterocycles. The highest BCUT2D eigenvalue weighted by atomic mass is 35.5. The van der Waals surface area contributed by atoms with E-state index in [1.54, 1.807) is 20.4 Å². The minimum Gasteiger partial charge on any atom is -0.496 e. The van der Waals surface area contributed by atoms with Crippen molar-refractivity contribution in [1.29, 1.82) is 0 Å². The van der Waals surface area contributed by atoms with E-state index < -0.39 is 11.7 Å². The molecule has 2 amide bonds. The molecule has 12 nitrogen and oxygen atoms in total. The Balaban J connectivity index is 0.950. The van der Waals surface area contributed by atoms with Crippen molar-refractivity contribution in [2.24, 2.45) is 10.8 Å². The van der Waals surface area contributed by atoms with E-state index in [9.17, 15) is 14.7 Å². The molecule has 8 rings (SSSR count). The molecule has 14 heteroatoms. The van der Waals surface area contributed by atoms with Gasteiger partial charge in [-0.05, 0) is 51.8 Å². The van der Waals surface area contributed by atoms with Gasteiger partial charge in [0, 0.05) is 116 Å². The van der Waals surface area contributed by atoms with Crippen LogP contribution in [0, 0.1) is 10.8 Å². The van der Waals surface area contributed by atoms with Crippen LogP contribution < -0.4 is 9.47 Å². The Hall–Kier alpha value is -4.62. The molecule has 0 aliphatic carbocycles. The Bertz CT molecular complexity index is 2230. The van der Waals surface area contributed by atoms with Crippen molar-refractivity contribution in [3.8, 4) is 45.3 Å². The summed E-state index contributed by atoms with van der Waals surface area (Å²) in [6.45, 7) is 13.2. The van der Waals surface area contributed by atoms with E-state index in [1.165, 1.54) is 4.90 Å². The van der Waals surface area contributed by atoms with Crippen molar-refractivity contribution in [3.63, 3.8) is 0 Å². The lowest BCUT2D eigenvalue weighted by molar-refractivity contribution is -0.00644. The molecule has 0 bridgehead atoms. The fourth-order valence-corrected chi connectivity index (χ4v) is 9.92. The molecule has 0 radical (unpaired) electrons. The highest BCUT2D eigenvalue weighted by Gasteiger charge is 2.50. The lowest BCUT2D eigenvalue weighted by Crippen LogP contribution is -2.57. The molecule has 306 valence electrons. The second-order valence-corrected chi connectivity index (χ2v) is 18.2. The van der Waals surface area contributed by atoms with Crippen LogP contribution in [0.15, 0.2) is 60.8 Å². The van der Waals surface area contributed by atoms with E-state index in [1.807, 2.05) is 74.2 Å². The summed E-state index contributed by atoms with van der Waals surface area (Å²) in [6, 6.07) is 17.7. The number of aromatic nitrogens is 2. The smallest absolute Gasteiger partial charge is 0.410 e. The number of rotatable bonds is 9. The molecule has 4 aliphatic rings. The summed E-state index contributed by atoms with van der Waals surface area (Å²) < 4.78 is 17.3. The lowest BCUT2D eigenvalue weighted by atomic mass is 9.79. The Morgan fingerprint density at radius 3 is 2.03 bits per heavy atom. The lowest BCUT2D eigenvalue weighted by Gasteiger charge is -2.48. The van der Waals surface area contributed by atoms with Crippen molar-refractivity contribution in [1.82, 2.24) is 29.6 Å². The fraction of sp³-hybridized carbons (Fsp3) is 0.455. The quantitative estimate of drug-likeness (QED) is 0.176. The summed E-state index contributed by atoms with van der Waals surface area (Å²) in [7, 11) is 3.29. The van der Waals surface area contributed by atoms with Crippen LogP contribution in [-0.4, -0.2) is 119 Å². The minimum absolute atomic E-state index is 0.0424. The molecule has 6 heterocycles. The number of hydrogen-bond acceptors (Lipinski definition) is 9. The van der Waals surface area contributed by atoms with Gasteiger partial charge < -0.3 is 29.1 Å². The molecule has 2 aromatic heterocycles. The number of amides is 2. The predicted octanol–water partition coefficient (Wildman–Crippen LogP) is 8.43. The van der Waals surface area contributed by atoms with E-state index in [0.717, 1.165) is 97.8 Å². The van der Waals surface area contributed by atoms with Gasteiger partial charge in [0.25, 0.3) is 0 Å². The third-order valence-corrected chi connectivity index (χ3v) is 12.8. The van der Waals surface area contributed by atoms with Crippen molar-refractivity contribution in [2.45, 2.75) is 52.3 Å². The molecule has 0 unspecified atom stereocenters. The monoisotopic (exact) mass is 828 g/mol. The first-order valence-corrected chi connectivity index (χ1v) is 20.5. The van der Waals surface area contributed by atoms with Gasteiger partial charge in [-0.3, -0.25) is 14.8 Å². The van der Waals surface area contributed by atoms with Gasteiger partial charge in [0.15, 0.2) is 0 Å². The highest BCUT2D eigenvalue weighted by molar-refractivity contribution is 6.39. The van der Waals surface area contributed by atoms with Gasteiger partial charge in [-0.2, -0.15) is 0 Å². The molecule has 58 heavy (non-hydrogen) atoms. The molecule has 1 N–H and O–H groups in total. The number of halogens is 2. The summed E-state index contributed by atoms with van der Waals surface area (Å²) in [4.78, 5) is 41.7. The van der Waals surface area contributed by atoms with E-state index in [-0.39, 0.29) is 16.9 Å². The largest absolute Gasteiger partial charge is 0.496 e. The molecule has 4 aromatic rings. The number of likely N-dealkylation sites (tertiary alicyclic amines) is 4. The first kappa shape index (κ1) is 40.2. The van der Waals surface area contributed by atoms with E-state index in [2.05, 4.69) is 20.9 Å². The molecule has 4 aliphatic heterocycles. The predicted molar refractivity (Wildman–Crippen MR) is 224 cm³/mol. The van der Waals surface area contributed by atoms with Crippen LogP contribution in [0.4, 0.5) is 9.59 Å². The average molecular weight is 830 g/mol. The Morgan fingerprint density at radius 1 is 0.776 bits per heavy atom. The zero-order chi connectivity index (χ0) is 41.0. The summed E-state index contributed by atoms with van der Waals surface area (Å²) >= 11 is 14.3. The van der Waals surface area contributed by atoms with E-state index in [0.29, 0.717) is 46.9 Å². The first-order chi connectivity index (χ1) is 27.7. The Kier molecular flexibility index (Phi) is 10.8. The molecule has 4 fully saturated rings. The number of carbonyl (C=O) groups is 2. The molecular weight excluding hydrogens is 779 g/mol. The SMILES string of the molecule is COc1cc(-c2nccc(-c3cccc(-c4ccc(CN5CC6(CCN(C(=O)O)C6)C5)c(OC)n4)c3Cl)c2Cl)ccc1CN1CC2(CCN(C(=O)OC(C)(C)C)C2)C1. The molecule has 0 saturated carbocycles. The number of hydrogen-bond donors (Lipinski definition) is 1. The summed E-state index contributed by atoms with van der Waals surface area (Å²) in [5.74, 6) is 1.28. The Morgan fingerprint density at radius 2 is 1.40 bits per heavy atom. The number of methoxy groups -OCH3 is 2. The molecule has 2 aromatic carbocycles. The highest BCUT2D eigenvalue weighted by Crippen LogP contribution is 2.45. The number of carbonyl (C=O) groups excluding carboxylic acids is 1. The van der Waals surface area contributed by atoms with Crippen molar-refractivity contribution >= 4 is 35.4 Å². The van der Waals surface area contributed by atoms with Crippen LogP contribution >= 0.6 is 23.2 Å². The van der Waals surface area contributed by atoms with Gasteiger partial charge in [0.05, 0.1) is 35.7 Å². The van der Waals surface area contributed by atoms with Gasteiger partial charge in [0.2, 0.25) is 5.88 Å². The second kappa shape index (κ2) is 15.5. The Labute approximate surface area is 349 Å². The van der Waals surface area contributed by atoms with Gasteiger partial charge in [-0.15, -0.1) is 0 Å². The zero-order valence-corrected chi connectivity index (χ0v) is 35.2. The number of benzene rings is 2. The average Bonchev–Trinajstić information content (AvgIpc) is 3.82. The van der Waals surface area contributed by atoms with E-state index >= 15 is 0 Å². The van der Waals surface area contributed by atoms with Gasteiger partial charge in [0.1, 0.15) is 11.4 Å².